The highest BCUT2D eigenvalue weighted by molar-refractivity contribution is 6.24. The quantitative estimate of drug-likeness (QED) is 0.184. The first-order chi connectivity index (χ1) is 27.1. The van der Waals surface area contributed by atoms with Crippen LogP contribution in [-0.2, 0) is 5.41 Å². The standard InChI is InChI=1S/C51H34N4/c1-51(2)40-24-12-8-18-32(40)38-28-39-45(29-41(38)51)55(50-52-42-25-13-9-23-37(42)49(53-50)31-16-4-3-5-17-31)47-30-46(35-21-6-7-22-36(35)48(39)47)54-43-26-14-10-19-33(43)34-20-11-15-27-44(34)54/h3-30H,1-2H3. The van der Waals surface area contributed by atoms with Crippen molar-refractivity contribution in [2.24, 2.45) is 0 Å². The van der Waals surface area contributed by atoms with E-state index in [1.165, 1.54) is 65.6 Å². The van der Waals surface area contributed by atoms with Gasteiger partial charge in [0.2, 0.25) is 5.95 Å². The van der Waals surface area contributed by atoms with Crippen LogP contribution in [0.4, 0.5) is 0 Å². The fraction of sp³-hybridized carbons (Fsp3) is 0.0588. The fourth-order valence-corrected chi connectivity index (χ4v) is 9.62. The van der Waals surface area contributed by atoms with E-state index in [9.17, 15) is 0 Å². The van der Waals surface area contributed by atoms with Crippen molar-refractivity contribution in [2.45, 2.75) is 19.3 Å². The molecule has 4 heteroatoms. The lowest BCUT2D eigenvalue weighted by Crippen LogP contribution is -2.15. The molecule has 0 radical (unpaired) electrons. The van der Waals surface area contributed by atoms with E-state index in [1.807, 2.05) is 0 Å². The lowest BCUT2D eigenvalue weighted by atomic mass is 9.82. The van der Waals surface area contributed by atoms with Gasteiger partial charge >= 0.3 is 0 Å². The SMILES string of the molecule is CC1(C)c2ccccc2-c2cc3c4c5ccccc5c(-n5c6ccccc6c6ccccc65)cc4n(-c4nc(-c5ccccc5)c5ccccc5n4)c3cc21. The van der Waals surface area contributed by atoms with E-state index in [2.05, 4.69) is 193 Å². The zero-order valence-electron chi connectivity index (χ0n) is 30.5. The zero-order chi connectivity index (χ0) is 36.4. The van der Waals surface area contributed by atoms with Crippen molar-refractivity contribution in [3.05, 3.63) is 181 Å². The van der Waals surface area contributed by atoms with Crippen LogP contribution in [0.15, 0.2) is 170 Å². The molecule has 8 aromatic carbocycles. The summed E-state index contributed by atoms with van der Waals surface area (Å²) in [6.07, 6.45) is 0. The molecule has 258 valence electrons. The molecule has 1 aliphatic carbocycles. The lowest BCUT2D eigenvalue weighted by Gasteiger charge is -2.21. The summed E-state index contributed by atoms with van der Waals surface area (Å²) in [5.41, 5.74) is 13.7. The number of nitrogens with zero attached hydrogens (tertiary/aromatic N) is 4. The molecule has 0 fully saturated rings. The maximum Gasteiger partial charge on any atom is 0.235 e. The molecule has 55 heavy (non-hydrogen) atoms. The van der Waals surface area contributed by atoms with Crippen LogP contribution in [0.5, 0.6) is 0 Å². The number of para-hydroxylation sites is 3. The van der Waals surface area contributed by atoms with E-state index in [4.69, 9.17) is 9.97 Å². The Labute approximate surface area is 317 Å². The van der Waals surface area contributed by atoms with Gasteiger partial charge < -0.3 is 4.57 Å². The van der Waals surface area contributed by atoms with Crippen LogP contribution in [0.1, 0.15) is 25.0 Å². The van der Waals surface area contributed by atoms with Crippen LogP contribution in [0, 0.1) is 0 Å². The third-order valence-electron chi connectivity index (χ3n) is 12.1. The second kappa shape index (κ2) is 11.0. The molecule has 3 aromatic heterocycles. The van der Waals surface area contributed by atoms with Crippen LogP contribution in [-0.4, -0.2) is 19.1 Å². The van der Waals surface area contributed by atoms with Gasteiger partial charge in [-0.25, -0.2) is 9.97 Å². The highest BCUT2D eigenvalue weighted by Crippen LogP contribution is 2.52. The molecule has 0 amide bonds. The van der Waals surface area contributed by atoms with Crippen LogP contribution in [0.3, 0.4) is 0 Å². The predicted octanol–water partition coefficient (Wildman–Crippen LogP) is 13.0. The number of aromatic nitrogens is 4. The molecule has 1 aliphatic rings. The van der Waals surface area contributed by atoms with E-state index < -0.39 is 0 Å². The van der Waals surface area contributed by atoms with Gasteiger partial charge in [-0.3, -0.25) is 4.57 Å². The Bertz CT molecular complexity index is 3350. The summed E-state index contributed by atoms with van der Waals surface area (Å²) in [4.78, 5) is 10.9. The summed E-state index contributed by atoms with van der Waals surface area (Å²) >= 11 is 0. The summed E-state index contributed by atoms with van der Waals surface area (Å²) in [5.74, 6) is 0.661. The Kier molecular flexibility index (Phi) is 6.09. The minimum absolute atomic E-state index is 0.170. The van der Waals surface area contributed by atoms with Crippen molar-refractivity contribution >= 4 is 65.3 Å². The lowest BCUT2D eigenvalue weighted by molar-refractivity contribution is 0.661. The minimum Gasteiger partial charge on any atom is -0.309 e. The molecule has 0 N–H and O–H groups in total. The van der Waals surface area contributed by atoms with Gasteiger partial charge in [-0.2, -0.15) is 0 Å². The van der Waals surface area contributed by atoms with E-state index in [0.29, 0.717) is 5.95 Å². The Morgan fingerprint density at radius 2 is 1.04 bits per heavy atom. The molecular weight excluding hydrogens is 669 g/mol. The summed E-state index contributed by atoms with van der Waals surface area (Å²) in [7, 11) is 0. The molecule has 0 saturated carbocycles. The maximum atomic E-state index is 5.50. The van der Waals surface area contributed by atoms with Crippen LogP contribution in [0.2, 0.25) is 0 Å². The first kappa shape index (κ1) is 30.4. The molecule has 3 heterocycles. The van der Waals surface area contributed by atoms with Crippen molar-refractivity contribution in [3.8, 4) is 34.0 Å². The highest BCUT2D eigenvalue weighted by atomic mass is 15.2. The predicted molar refractivity (Wildman–Crippen MR) is 229 cm³/mol. The van der Waals surface area contributed by atoms with Crippen molar-refractivity contribution in [2.75, 3.05) is 0 Å². The van der Waals surface area contributed by atoms with Gasteiger partial charge in [0, 0.05) is 43.3 Å². The zero-order valence-corrected chi connectivity index (χ0v) is 30.5. The van der Waals surface area contributed by atoms with Gasteiger partial charge in [0.15, 0.2) is 0 Å². The van der Waals surface area contributed by atoms with Crippen molar-refractivity contribution in [1.82, 2.24) is 19.1 Å². The number of benzene rings is 8. The molecule has 0 saturated heterocycles. The van der Waals surface area contributed by atoms with Crippen LogP contribution in [0.25, 0.3) is 99.3 Å². The fourth-order valence-electron chi connectivity index (χ4n) is 9.62. The van der Waals surface area contributed by atoms with Gasteiger partial charge in [0.25, 0.3) is 0 Å². The highest BCUT2D eigenvalue weighted by Gasteiger charge is 2.36. The number of fused-ring (bicyclic) bond motifs is 12. The normalized spacial score (nSPS) is 13.4. The second-order valence-electron chi connectivity index (χ2n) is 15.4. The monoisotopic (exact) mass is 702 g/mol. The van der Waals surface area contributed by atoms with Gasteiger partial charge in [0.1, 0.15) is 0 Å². The number of hydrogen-bond donors (Lipinski definition) is 0. The summed E-state index contributed by atoms with van der Waals surface area (Å²) in [5, 5.41) is 8.33. The first-order valence-corrected chi connectivity index (χ1v) is 19.0. The second-order valence-corrected chi connectivity index (χ2v) is 15.4. The van der Waals surface area contributed by atoms with Crippen LogP contribution < -0.4 is 0 Å². The summed E-state index contributed by atoms with van der Waals surface area (Å²) in [6, 6.07) is 61.5. The van der Waals surface area contributed by atoms with Crippen molar-refractivity contribution < 1.29 is 0 Å². The van der Waals surface area contributed by atoms with E-state index >= 15 is 0 Å². The molecule has 4 nitrogen and oxygen atoms in total. The molecule has 0 aliphatic heterocycles. The molecule has 11 aromatic rings. The first-order valence-electron chi connectivity index (χ1n) is 19.0. The van der Waals surface area contributed by atoms with Gasteiger partial charge in [0.05, 0.1) is 39.0 Å². The average Bonchev–Trinajstić information content (AvgIpc) is 3.82. The Morgan fingerprint density at radius 3 is 1.80 bits per heavy atom. The van der Waals surface area contributed by atoms with Gasteiger partial charge in [-0.1, -0.05) is 147 Å². The minimum atomic E-state index is -0.170. The molecule has 0 bridgehead atoms. The van der Waals surface area contributed by atoms with E-state index in [1.54, 1.807) is 0 Å². The Balaban J connectivity index is 1.29. The molecule has 0 spiro atoms. The Hall–Kier alpha value is -7.04. The number of hydrogen-bond acceptors (Lipinski definition) is 2. The number of rotatable bonds is 3. The Morgan fingerprint density at radius 1 is 0.418 bits per heavy atom. The summed E-state index contributed by atoms with van der Waals surface area (Å²) < 4.78 is 4.79. The molecule has 0 unspecified atom stereocenters. The third kappa shape index (κ3) is 4.11. The van der Waals surface area contributed by atoms with Crippen LogP contribution >= 0.6 is 0 Å². The average molecular weight is 703 g/mol. The molecular formula is C51H34N4. The van der Waals surface area contributed by atoms with Crippen molar-refractivity contribution in [3.63, 3.8) is 0 Å². The van der Waals surface area contributed by atoms with Crippen molar-refractivity contribution in [1.29, 1.82) is 0 Å². The largest absolute Gasteiger partial charge is 0.309 e. The molecule has 0 atom stereocenters. The van der Waals surface area contributed by atoms with Gasteiger partial charge in [-0.15, -0.1) is 0 Å². The van der Waals surface area contributed by atoms with Gasteiger partial charge in [-0.05, 0) is 64.0 Å². The topological polar surface area (TPSA) is 35.6 Å². The molecule has 12 rings (SSSR count). The van der Waals surface area contributed by atoms with E-state index in [-0.39, 0.29) is 5.41 Å². The van der Waals surface area contributed by atoms with E-state index in [0.717, 1.165) is 38.9 Å². The maximum absolute atomic E-state index is 5.50. The summed E-state index contributed by atoms with van der Waals surface area (Å²) in [6.45, 7) is 4.71. The third-order valence-corrected chi connectivity index (χ3v) is 12.1. The smallest absolute Gasteiger partial charge is 0.235 e.